The van der Waals surface area contributed by atoms with Crippen molar-refractivity contribution in [3.63, 3.8) is 0 Å². The van der Waals surface area contributed by atoms with Crippen molar-refractivity contribution in [1.29, 1.82) is 0 Å². The molecule has 0 aliphatic heterocycles. The molecule has 0 aliphatic carbocycles. The van der Waals surface area contributed by atoms with Gasteiger partial charge in [-0.1, -0.05) is 6.92 Å². The van der Waals surface area contributed by atoms with E-state index in [4.69, 9.17) is 11.5 Å². The Morgan fingerprint density at radius 3 is 2.56 bits per heavy atom. The Kier molecular flexibility index (Phi) is 2.42. The highest BCUT2D eigenvalue weighted by atomic mass is 19.1. The summed E-state index contributed by atoms with van der Waals surface area (Å²) in [5, 5.41) is 0.716. The minimum absolute atomic E-state index is 0.114. The molecule has 0 saturated heterocycles. The second-order valence-electron chi connectivity index (χ2n) is 3.86. The molecule has 0 atom stereocenters. The summed E-state index contributed by atoms with van der Waals surface area (Å²) in [5.41, 5.74) is 14.1. The zero-order valence-electron chi connectivity index (χ0n) is 9.34. The third-order valence-electron chi connectivity index (χ3n) is 2.74. The molecule has 0 aliphatic rings. The van der Waals surface area contributed by atoms with Crippen LogP contribution in [0.5, 0.6) is 0 Å². The number of pyridine rings is 1. The zero-order valence-corrected chi connectivity index (χ0v) is 9.34. The highest BCUT2D eigenvalue weighted by Crippen LogP contribution is 2.28. The average Bonchev–Trinajstić information content (AvgIpc) is 2.27. The first-order valence-corrected chi connectivity index (χ1v) is 5.18. The lowest BCUT2D eigenvalue weighted by Crippen LogP contribution is -2.01. The molecule has 0 bridgehead atoms. The van der Waals surface area contributed by atoms with Crippen molar-refractivity contribution in [3.8, 4) is 0 Å². The van der Waals surface area contributed by atoms with Crippen LogP contribution in [-0.2, 0) is 6.42 Å². The number of nitrogens with zero attached hydrogens (tertiary/aromatic N) is 1. The first-order chi connectivity index (χ1) is 7.54. The predicted molar refractivity (Wildman–Crippen MR) is 64.6 cm³/mol. The number of nitrogens with two attached hydrogens (primary N) is 2. The van der Waals surface area contributed by atoms with Crippen molar-refractivity contribution >= 4 is 22.3 Å². The molecular weight excluding hydrogens is 205 g/mol. The number of fused-ring (bicyclic) bond motifs is 1. The van der Waals surface area contributed by atoms with Gasteiger partial charge in [0, 0.05) is 22.3 Å². The molecule has 4 heteroatoms. The summed E-state index contributed by atoms with van der Waals surface area (Å²) >= 11 is 0. The van der Waals surface area contributed by atoms with Crippen LogP contribution in [0.1, 0.15) is 18.2 Å². The largest absolute Gasteiger partial charge is 0.398 e. The van der Waals surface area contributed by atoms with E-state index in [1.807, 2.05) is 6.92 Å². The maximum atomic E-state index is 13.6. The molecule has 2 rings (SSSR count). The minimum Gasteiger partial charge on any atom is -0.398 e. The Bertz CT molecular complexity index is 564. The number of rotatable bonds is 1. The third kappa shape index (κ3) is 1.46. The molecular formula is C12H14FN3. The van der Waals surface area contributed by atoms with Crippen LogP contribution in [-0.4, -0.2) is 4.98 Å². The van der Waals surface area contributed by atoms with Crippen LogP contribution in [0.4, 0.5) is 15.8 Å². The fraction of sp³-hybridized carbons (Fsp3) is 0.250. The van der Waals surface area contributed by atoms with Gasteiger partial charge in [-0.25, -0.2) is 4.39 Å². The summed E-state index contributed by atoms with van der Waals surface area (Å²) in [6.45, 7) is 3.65. The van der Waals surface area contributed by atoms with E-state index < -0.39 is 5.82 Å². The molecule has 2 aromatic rings. The summed E-state index contributed by atoms with van der Waals surface area (Å²) in [6, 6.07) is 3.35. The summed E-state index contributed by atoms with van der Waals surface area (Å²) in [4.78, 5) is 4.38. The van der Waals surface area contributed by atoms with Gasteiger partial charge in [0.2, 0.25) is 0 Å². The van der Waals surface area contributed by atoms with E-state index in [1.165, 1.54) is 0 Å². The SMILES string of the molecule is CCc1cc(N)c2cc(N)c(F)c(C)c2n1. The Hall–Kier alpha value is -1.84. The Morgan fingerprint density at radius 1 is 1.25 bits per heavy atom. The first kappa shape index (κ1) is 10.7. The Balaban J connectivity index is 2.90. The molecule has 16 heavy (non-hydrogen) atoms. The lowest BCUT2D eigenvalue weighted by molar-refractivity contribution is 0.625. The second-order valence-corrected chi connectivity index (χ2v) is 3.86. The molecule has 0 radical (unpaired) electrons. The van der Waals surface area contributed by atoms with Crippen LogP contribution in [0.2, 0.25) is 0 Å². The molecule has 1 heterocycles. The van der Waals surface area contributed by atoms with Gasteiger partial charge in [-0.3, -0.25) is 4.98 Å². The Morgan fingerprint density at radius 2 is 1.94 bits per heavy atom. The van der Waals surface area contributed by atoms with Gasteiger partial charge in [0.25, 0.3) is 0 Å². The van der Waals surface area contributed by atoms with Crippen LogP contribution < -0.4 is 11.5 Å². The first-order valence-electron chi connectivity index (χ1n) is 5.18. The van der Waals surface area contributed by atoms with E-state index in [2.05, 4.69) is 4.98 Å². The quantitative estimate of drug-likeness (QED) is 0.724. The fourth-order valence-electron chi connectivity index (χ4n) is 1.79. The molecule has 4 N–H and O–H groups in total. The normalized spacial score (nSPS) is 10.9. The van der Waals surface area contributed by atoms with Crippen molar-refractivity contribution in [1.82, 2.24) is 4.98 Å². The van der Waals surface area contributed by atoms with Gasteiger partial charge < -0.3 is 11.5 Å². The van der Waals surface area contributed by atoms with Crippen LogP contribution >= 0.6 is 0 Å². The second kappa shape index (κ2) is 3.63. The van der Waals surface area contributed by atoms with Crippen molar-refractivity contribution in [2.75, 3.05) is 11.5 Å². The number of aryl methyl sites for hydroxylation is 2. The van der Waals surface area contributed by atoms with Gasteiger partial charge in [0.05, 0.1) is 11.2 Å². The summed E-state index contributed by atoms with van der Waals surface area (Å²) in [6.07, 6.45) is 0.769. The zero-order chi connectivity index (χ0) is 11.9. The smallest absolute Gasteiger partial charge is 0.151 e. The van der Waals surface area contributed by atoms with Crippen molar-refractivity contribution in [2.24, 2.45) is 0 Å². The summed E-state index contributed by atoms with van der Waals surface area (Å²) in [5.74, 6) is -0.410. The van der Waals surface area contributed by atoms with Gasteiger partial charge in [-0.2, -0.15) is 0 Å². The van der Waals surface area contributed by atoms with Gasteiger partial charge >= 0.3 is 0 Å². The molecule has 0 unspecified atom stereocenters. The van der Waals surface area contributed by atoms with Crippen molar-refractivity contribution in [2.45, 2.75) is 20.3 Å². The highest BCUT2D eigenvalue weighted by molar-refractivity contribution is 5.94. The molecule has 0 amide bonds. The number of nitrogen functional groups attached to an aromatic ring is 2. The van der Waals surface area contributed by atoms with Gasteiger partial charge in [-0.05, 0) is 25.5 Å². The van der Waals surface area contributed by atoms with Crippen LogP contribution in [0, 0.1) is 12.7 Å². The van der Waals surface area contributed by atoms with E-state index in [1.54, 1.807) is 19.1 Å². The highest BCUT2D eigenvalue weighted by Gasteiger charge is 2.11. The van der Waals surface area contributed by atoms with Crippen molar-refractivity contribution in [3.05, 3.63) is 29.2 Å². The van der Waals surface area contributed by atoms with E-state index >= 15 is 0 Å². The van der Waals surface area contributed by atoms with E-state index in [-0.39, 0.29) is 5.69 Å². The third-order valence-corrected chi connectivity index (χ3v) is 2.74. The molecule has 0 saturated carbocycles. The van der Waals surface area contributed by atoms with Crippen LogP contribution in [0.3, 0.4) is 0 Å². The number of halogens is 1. The summed E-state index contributed by atoms with van der Waals surface area (Å²) in [7, 11) is 0. The molecule has 1 aromatic heterocycles. The number of benzene rings is 1. The Labute approximate surface area is 93.3 Å². The number of anilines is 2. The van der Waals surface area contributed by atoms with Gasteiger partial charge in [-0.15, -0.1) is 0 Å². The van der Waals surface area contributed by atoms with Crippen LogP contribution in [0.25, 0.3) is 10.9 Å². The molecule has 0 fully saturated rings. The van der Waals surface area contributed by atoms with Gasteiger partial charge in [0.1, 0.15) is 0 Å². The summed E-state index contributed by atoms with van der Waals surface area (Å²) < 4.78 is 13.6. The number of aromatic nitrogens is 1. The number of hydrogen-bond acceptors (Lipinski definition) is 3. The lowest BCUT2D eigenvalue weighted by Gasteiger charge is -2.09. The topological polar surface area (TPSA) is 64.9 Å². The molecule has 84 valence electrons. The predicted octanol–water partition coefficient (Wildman–Crippen LogP) is 2.41. The maximum Gasteiger partial charge on any atom is 0.151 e. The van der Waals surface area contributed by atoms with Crippen LogP contribution in [0.15, 0.2) is 12.1 Å². The van der Waals surface area contributed by atoms with E-state index in [0.29, 0.717) is 22.2 Å². The molecule has 3 nitrogen and oxygen atoms in total. The average molecular weight is 219 g/mol. The monoisotopic (exact) mass is 219 g/mol. The lowest BCUT2D eigenvalue weighted by atomic mass is 10.1. The fourth-order valence-corrected chi connectivity index (χ4v) is 1.79. The molecule has 0 spiro atoms. The van der Waals surface area contributed by atoms with Crippen molar-refractivity contribution < 1.29 is 4.39 Å². The maximum absolute atomic E-state index is 13.6. The minimum atomic E-state index is -0.410. The van der Waals surface area contributed by atoms with E-state index in [9.17, 15) is 4.39 Å². The molecule has 1 aromatic carbocycles. The standard InChI is InChI=1S/C12H14FN3/c1-3-7-4-9(14)8-5-10(15)11(13)6(2)12(8)16-7/h4-5H,3,15H2,1-2H3,(H2,14,16). The van der Waals surface area contributed by atoms with Gasteiger partial charge in [0.15, 0.2) is 5.82 Å². The number of hydrogen-bond donors (Lipinski definition) is 2. The van der Waals surface area contributed by atoms with E-state index in [0.717, 1.165) is 12.1 Å².